The molecule has 3 rings (SSSR count). The monoisotopic (exact) mass is 336 g/mol. The molecular weight excluding hydrogens is 320 g/mol. The SMILES string of the molecule is NCCc1cc(Br)ccc1N1CCc2sccc2C1. The number of nitrogens with zero attached hydrogens (tertiary/aromatic N) is 1. The predicted molar refractivity (Wildman–Crippen MR) is 86.0 cm³/mol. The van der Waals surface area contributed by atoms with Crippen LogP contribution in [0.2, 0.25) is 0 Å². The highest BCUT2D eigenvalue weighted by Crippen LogP contribution is 2.31. The van der Waals surface area contributed by atoms with Crippen molar-refractivity contribution in [3.05, 3.63) is 50.1 Å². The number of fused-ring (bicyclic) bond motifs is 1. The molecule has 2 nitrogen and oxygen atoms in total. The van der Waals surface area contributed by atoms with Crippen LogP contribution in [0.1, 0.15) is 16.0 Å². The second-order valence-corrected chi connectivity index (χ2v) is 6.77. The van der Waals surface area contributed by atoms with E-state index in [0.29, 0.717) is 6.54 Å². The topological polar surface area (TPSA) is 29.3 Å². The van der Waals surface area contributed by atoms with E-state index in [2.05, 4.69) is 50.5 Å². The van der Waals surface area contributed by atoms with Gasteiger partial charge in [0.25, 0.3) is 0 Å². The molecule has 0 radical (unpaired) electrons. The van der Waals surface area contributed by atoms with Crippen molar-refractivity contribution in [3.8, 4) is 0 Å². The zero-order valence-corrected chi connectivity index (χ0v) is 13.1. The summed E-state index contributed by atoms with van der Waals surface area (Å²) < 4.78 is 1.13. The van der Waals surface area contributed by atoms with Gasteiger partial charge < -0.3 is 10.6 Å². The lowest BCUT2D eigenvalue weighted by atomic mass is 10.0. The molecule has 1 aliphatic heterocycles. The number of hydrogen-bond acceptors (Lipinski definition) is 3. The average Bonchev–Trinajstić information content (AvgIpc) is 2.86. The third kappa shape index (κ3) is 2.71. The number of rotatable bonds is 3. The lowest BCUT2D eigenvalue weighted by Crippen LogP contribution is -2.30. The summed E-state index contributed by atoms with van der Waals surface area (Å²) in [5.74, 6) is 0. The number of halogens is 1. The Balaban J connectivity index is 1.90. The van der Waals surface area contributed by atoms with Gasteiger partial charge in [0, 0.05) is 28.1 Å². The van der Waals surface area contributed by atoms with E-state index in [-0.39, 0.29) is 0 Å². The molecule has 0 aliphatic carbocycles. The zero-order valence-electron chi connectivity index (χ0n) is 10.7. The Bertz CT molecular complexity index is 579. The van der Waals surface area contributed by atoms with Crippen molar-refractivity contribution in [2.24, 2.45) is 5.73 Å². The van der Waals surface area contributed by atoms with Crippen LogP contribution in [0, 0.1) is 0 Å². The van der Waals surface area contributed by atoms with Gasteiger partial charge in [0.05, 0.1) is 0 Å². The molecule has 0 unspecified atom stereocenters. The number of anilines is 1. The molecule has 19 heavy (non-hydrogen) atoms. The van der Waals surface area contributed by atoms with Crippen molar-refractivity contribution >= 4 is 33.0 Å². The van der Waals surface area contributed by atoms with Crippen molar-refractivity contribution < 1.29 is 0 Å². The van der Waals surface area contributed by atoms with E-state index in [4.69, 9.17) is 5.73 Å². The molecule has 0 saturated heterocycles. The molecule has 2 N–H and O–H groups in total. The van der Waals surface area contributed by atoms with Crippen LogP contribution in [0.4, 0.5) is 5.69 Å². The molecule has 100 valence electrons. The Kier molecular flexibility index (Phi) is 3.91. The molecule has 2 heterocycles. The third-order valence-electron chi connectivity index (χ3n) is 3.60. The highest BCUT2D eigenvalue weighted by molar-refractivity contribution is 9.10. The normalized spacial score (nSPS) is 14.5. The predicted octanol–water partition coefficient (Wildman–Crippen LogP) is 3.57. The van der Waals surface area contributed by atoms with Gasteiger partial charge in [-0.3, -0.25) is 0 Å². The largest absolute Gasteiger partial charge is 0.367 e. The molecule has 0 fully saturated rings. The highest BCUT2D eigenvalue weighted by atomic mass is 79.9. The van der Waals surface area contributed by atoms with E-state index in [0.717, 1.165) is 30.4 Å². The smallest absolute Gasteiger partial charge is 0.0440 e. The molecule has 1 aromatic heterocycles. The van der Waals surface area contributed by atoms with E-state index in [1.807, 2.05) is 11.3 Å². The second kappa shape index (κ2) is 5.65. The van der Waals surface area contributed by atoms with Gasteiger partial charge in [0.2, 0.25) is 0 Å². The lowest BCUT2D eigenvalue weighted by molar-refractivity contribution is 0.737. The number of thiophene rings is 1. The first-order chi connectivity index (χ1) is 9.28. The molecule has 0 bridgehead atoms. The first-order valence-corrected chi connectivity index (χ1v) is 8.24. The van der Waals surface area contributed by atoms with E-state index in [9.17, 15) is 0 Å². The molecule has 0 saturated carbocycles. The Hall–Kier alpha value is -0.840. The van der Waals surface area contributed by atoms with Crippen LogP contribution >= 0.6 is 27.3 Å². The van der Waals surface area contributed by atoms with Crippen molar-refractivity contribution in [3.63, 3.8) is 0 Å². The van der Waals surface area contributed by atoms with Crippen molar-refractivity contribution in [2.75, 3.05) is 18.0 Å². The van der Waals surface area contributed by atoms with E-state index in [1.165, 1.54) is 16.8 Å². The average molecular weight is 337 g/mol. The van der Waals surface area contributed by atoms with Crippen LogP contribution in [0.15, 0.2) is 34.1 Å². The van der Waals surface area contributed by atoms with Gasteiger partial charge in [-0.05, 0) is 60.2 Å². The molecule has 4 heteroatoms. The Morgan fingerprint density at radius 3 is 3.05 bits per heavy atom. The first kappa shape index (κ1) is 13.2. The third-order valence-corrected chi connectivity index (χ3v) is 5.12. The summed E-state index contributed by atoms with van der Waals surface area (Å²) in [7, 11) is 0. The van der Waals surface area contributed by atoms with Crippen molar-refractivity contribution in [2.45, 2.75) is 19.4 Å². The summed E-state index contributed by atoms with van der Waals surface area (Å²) in [5.41, 5.74) is 9.90. The molecule has 0 spiro atoms. The standard InChI is InChI=1S/C15H17BrN2S/c16-13-1-2-14(11(9-13)3-6-17)18-7-4-15-12(10-18)5-8-19-15/h1-2,5,8-9H,3-4,6-7,10,17H2. The maximum atomic E-state index is 5.74. The minimum atomic E-state index is 0.695. The van der Waals surface area contributed by atoms with Gasteiger partial charge >= 0.3 is 0 Å². The second-order valence-electron chi connectivity index (χ2n) is 4.85. The lowest BCUT2D eigenvalue weighted by Gasteiger charge is -2.31. The van der Waals surface area contributed by atoms with Gasteiger partial charge in [-0.1, -0.05) is 15.9 Å². The Morgan fingerprint density at radius 2 is 2.21 bits per heavy atom. The van der Waals surface area contributed by atoms with Crippen LogP contribution in [-0.2, 0) is 19.4 Å². The van der Waals surface area contributed by atoms with Crippen LogP contribution in [0.25, 0.3) is 0 Å². The van der Waals surface area contributed by atoms with Crippen molar-refractivity contribution in [1.82, 2.24) is 0 Å². The maximum Gasteiger partial charge on any atom is 0.0440 e. The van der Waals surface area contributed by atoms with E-state index in [1.54, 1.807) is 4.88 Å². The quantitative estimate of drug-likeness (QED) is 0.928. The van der Waals surface area contributed by atoms with Gasteiger partial charge in [0.15, 0.2) is 0 Å². The molecular formula is C15H17BrN2S. The summed E-state index contributed by atoms with van der Waals surface area (Å²) in [6.07, 6.45) is 2.09. The van der Waals surface area contributed by atoms with Crippen LogP contribution in [0.3, 0.4) is 0 Å². The van der Waals surface area contributed by atoms with Crippen LogP contribution < -0.4 is 10.6 Å². The van der Waals surface area contributed by atoms with E-state index < -0.39 is 0 Å². The van der Waals surface area contributed by atoms with Gasteiger partial charge in [0.1, 0.15) is 0 Å². The molecule has 0 amide bonds. The molecule has 1 aromatic carbocycles. The summed E-state index contributed by atoms with van der Waals surface area (Å²) in [4.78, 5) is 4.03. The Morgan fingerprint density at radius 1 is 1.32 bits per heavy atom. The first-order valence-electron chi connectivity index (χ1n) is 6.56. The fourth-order valence-corrected chi connectivity index (χ4v) is 3.97. The number of hydrogen-bond donors (Lipinski definition) is 1. The van der Waals surface area contributed by atoms with E-state index >= 15 is 0 Å². The molecule has 2 aromatic rings. The maximum absolute atomic E-state index is 5.74. The Labute approximate surface area is 126 Å². The summed E-state index contributed by atoms with van der Waals surface area (Å²) in [6.45, 7) is 2.83. The minimum Gasteiger partial charge on any atom is -0.367 e. The fourth-order valence-electron chi connectivity index (χ4n) is 2.67. The van der Waals surface area contributed by atoms with Gasteiger partial charge in [-0.15, -0.1) is 11.3 Å². The fraction of sp³-hybridized carbons (Fsp3) is 0.333. The summed E-state index contributed by atoms with van der Waals surface area (Å²) >= 11 is 5.44. The highest BCUT2D eigenvalue weighted by Gasteiger charge is 2.19. The summed E-state index contributed by atoms with van der Waals surface area (Å²) in [6, 6.07) is 8.80. The number of benzene rings is 1. The van der Waals surface area contributed by atoms with Crippen LogP contribution in [0.5, 0.6) is 0 Å². The van der Waals surface area contributed by atoms with Gasteiger partial charge in [-0.25, -0.2) is 0 Å². The summed E-state index contributed by atoms with van der Waals surface area (Å²) in [5, 5.41) is 2.20. The van der Waals surface area contributed by atoms with Crippen LogP contribution in [-0.4, -0.2) is 13.1 Å². The molecule has 1 aliphatic rings. The minimum absolute atomic E-state index is 0.695. The van der Waals surface area contributed by atoms with Crippen molar-refractivity contribution in [1.29, 1.82) is 0 Å². The van der Waals surface area contributed by atoms with Gasteiger partial charge in [-0.2, -0.15) is 0 Å². The molecule has 0 atom stereocenters. The zero-order chi connectivity index (χ0) is 13.2. The number of nitrogens with two attached hydrogens (primary N) is 1.